The Kier molecular flexibility index (Phi) is 4.45. The maximum atomic E-state index is 5.44. The predicted octanol–water partition coefficient (Wildman–Crippen LogP) is 1.88. The van der Waals surface area contributed by atoms with Crippen molar-refractivity contribution < 1.29 is 4.74 Å². The molecule has 1 saturated heterocycles. The average Bonchev–Trinajstić information content (AvgIpc) is 3.07. The Balaban J connectivity index is 1.76. The van der Waals surface area contributed by atoms with E-state index in [1.54, 1.807) is 0 Å². The van der Waals surface area contributed by atoms with Gasteiger partial charge in [0, 0.05) is 39.3 Å². The van der Waals surface area contributed by atoms with E-state index in [4.69, 9.17) is 4.74 Å². The smallest absolute Gasteiger partial charge is 0.0710 e. The summed E-state index contributed by atoms with van der Waals surface area (Å²) in [5.41, 5.74) is 0.422. The van der Waals surface area contributed by atoms with E-state index >= 15 is 0 Å². The van der Waals surface area contributed by atoms with Crippen LogP contribution in [0.3, 0.4) is 0 Å². The number of nitrogens with one attached hydrogen (secondary N) is 1. The number of rotatable bonds is 7. The topological polar surface area (TPSA) is 24.5 Å². The summed E-state index contributed by atoms with van der Waals surface area (Å²) in [6, 6.07) is 0.825. The van der Waals surface area contributed by atoms with Crippen LogP contribution in [0.4, 0.5) is 0 Å². The largest absolute Gasteiger partial charge is 0.380 e. The molecule has 100 valence electrons. The molecule has 2 aliphatic rings. The fourth-order valence-electron chi connectivity index (χ4n) is 2.64. The second kappa shape index (κ2) is 5.68. The van der Waals surface area contributed by atoms with E-state index in [1.165, 1.54) is 45.3 Å². The highest BCUT2D eigenvalue weighted by atomic mass is 16.5. The molecule has 0 bridgehead atoms. The van der Waals surface area contributed by atoms with Crippen molar-refractivity contribution in [1.29, 1.82) is 0 Å². The lowest BCUT2D eigenvalue weighted by Gasteiger charge is -2.33. The van der Waals surface area contributed by atoms with Crippen LogP contribution >= 0.6 is 0 Å². The Labute approximate surface area is 106 Å². The number of ether oxygens (including phenoxy) is 1. The molecule has 3 nitrogen and oxygen atoms in total. The molecule has 2 fully saturated rings. The van der Waals surface area contributed by atoms with Gasteiger partial charge in [-0.3, -0.25) is 0 Å². The Morgan fingerprint density at radius 2 is 2.12 bits per heavy atom. The van der Waals surface area contributed by atoms with Crippen molar-refractivity contribution in [1.82, 2.24) is 10.2 Å². The molecule has 0 radical (unpaired) electrons. The molecule has 0 aromatic heterocycles. The van der Waals surface area contributed by atoms with Gasteiger partial charge in [0.15, 0.2) is 0 Å². The third-order valence-electron chi connectivity index (χ3n) is 4.42. The van der Waals surface area contributed by atoms with E-state index < -0.39 is 0 Å². The van der Waals surface area contributed by atoms with Gasteiger partial charge in [-0.15, -0.1) is 0 Å². The minimum atomic E-state index is 0.422. The molecule has 1 saturated carbocycles. The second-order valence-corrected chi connectivity index (χ2v) is 6.20. The van der Waals surface area contributed by atoms with Gasteiger partial charge in [0.1, 0.15) is 0 Å². The molecule has 0 amide bonds. The van der Waals surface area contributed by atoms with E-state index in [0.717, 1.165) is 12.6 Å². The van der Waals surface area contributed by atoms with Crippen LogP contribution in [0.2, 0.25) is 0 Å². The second-order valence-electron chi connectivity index (χ2n) is 6.20. The summed E-state index contributed by atoms with van der Waals surface area (Å²) in [6.07, 6.45) is 5.69. The molecule has 1 aliphatic carbocycles. The molecule has 2 rings (SSSR count). The van der Waals surface area contributed by atoms with Gasteiger partial charge in [0.05, 0.1) is 6.10 Å². The number of hydrogen-bond acceptors (Lipinski definition) is 3. The fourth-order valence-corrected chi connectivity index (χ4v) is 2.64. The van der Waals surface area contributed by atoms with Crippen molar-refractivity contribution in [2.45, 2.75) is 51.7 Å². The standard InChI is InChI=1S/C14H28N2O/c1-4-14(2,10-15-12-5-6-12)11-16-8-7-13(9-16)17-3/h12-13,15H,4-11H2,1-3H3. The van der Waals surface area contributed by atoms with Gasteiger partial charge >= 0.3 is 0 Å². The van der Waals surface area contributed by atoms with Crippen molar-refractivity contribution in [3.8, 4) is 0 Å². The normalized spacial score (nSPS) is 29.5. The zero-order chi connectivity index (χ0) is 12.3. The lowest BCUT2D eigenvalue weighted by Crippen LogP contribution is -2.42. The summed E-state index contributed by atoms with van der Waals surface area (Å²) in [5.74, 6) is 0. The highest BCUT2D eigenvalue weighted by Gasteiger charge is 2.31. The highest BCUT2D eigenvalue weighted by molar-refractivity contribution is 4.88. The van der Waals surface area contributed by atoms with Gasteiger partial charge in [-0.1, -0.05) is 13.8 Å². The van der Waals surface area contributed by atoms with Crippen molar-refractivity contribution in [3.63, 3.8) is 0 Å². The number of likely N-dealkylation sites (tertiary alicyclic amines) is 1. The Hall–Kier alpha value is -0.120. The highest BCUT2D eigenvalue weighted by Crippen LogP contribution is 2.27. The number of methoxy groups -OCH3 is 1. The molecule has 2 unspecified atom stereocenters. The first-order valence-corrected chi connectivity index (χ1v) is 7.14. The molecule has 2 atom stereocenters. The van der Waals surface area contributed by atoms with Gasteiger partial charge in [-0.2, -0.15) is 0 Å². The molecule has 0 aromatic carbocycles. The predicted molar refractivity (Wildman–Crippen MR) is 71.3 cm³/mol. The van der Waals surface area contributed by atoms with E-state index in [-0.39, 0.29) is 0 Å². The average molecular weight is 240 g/mol. The first kappa shape index (κ1) is 13.3. The van der Waals surface area contributed by atoms with Gasteiger partial charge in [-0.25, -0.2) is 0 Å². The zero-order valence-electron chi connectivity index (χ0n) is 11.7. The van der Waals surface area contributed by atoms with E-state index in [1.807, 2.05) is 7.11 Å². The van der Waals surface area contributed by atoms with E-state index in [9.17, 15) is 0 Å². The van der Waals surface area contributed by atoms with Crippen LogP contribution in [0.25, 0.3) is 0 Å². The zero-order valence-corrected chi connectivity index (χ0v) is 11.7. The maximum Gasteiger partial charge on any atom is 0.0710 e. The summed E-state index contributed by atoms with van der Waals surface area (Å²) in [7, 11) is 1.84. The summed E-state index contributed by atoms with van der Waals surface area (Å²) in [5, 5.41) is 3.69. The van der Waals surface area contributed by atoms with Crippen molar-refractivity contribution in [2.24, 2.45) is 5.41 Å². The third kappa shape index (κ3) is 3.94. The quantitative estimate of drug-likeness (QED) is 0.735. The Morgan fingerprint density at radius 3 is 2.65 bits per heavy atom. The number of hydrogen-bond donors (Lipinski definition) is 1. The van der Waals surface area contributed by atoms with Crippen LogP contribution in [0.15, 0.2) is 0 Å². The number of nitrogens with zero attached hydrogens (tertiary/aromatic N) is 1. The molecule has 0 spiro atoms. The maximum absolute atomic E-state index is 5.44. The first-order chi connectivity index (χ1) is 8.15. The molecule has 1 N–H and O–H groups in total. The summed E-state index contributed by atoms with van der Waals surface area (Å²) in [6.45, 7) is 9.44. The van der Waals surface area contributed by atoms with Crippen LogP contribution in [-0.2, 0) is 4.74 Å². The van der Waals surface area contributed by atoms with Crippen LogP contribution in [-0.4, -0.2) is 50.3 Å². The molecule has 0 aromatic rings. The van der Waals surface area contributed by atoms with Crippen molar-refractivity contribution >= 4 is 0 Å². The Bertz CT molecular complexity index is 242. The third-order valence-corrected chi connectivity index (χ3v) is 4.42. The molecule has 1 heterocycles. The van der Waals surface area contributed by atoms with E-state index in [2.05, 4.69) is 24.1 Å². The molecule has 1 aliphatic heterocycles. The molecular weight excluding hydrogens is 212 g/mol. The Morgan fingerprint density at radius 1 is 1.35 bits per heavy atom. The van der Waals surface area contributed by atoms with Crippen molar-refractivity contribution in [3.05, 3.63) is 0 Å². The van der Waals surface area contributed by atoms with Gasteiger partial charge in [0.2, 0.25) is 0 Å². The molecule has 17 heavy (non-hydrogen) atoms. The van der Waals surface area contributed by atoms with Crippen LogP contribution in [0, 0.1) is 5.41 Å². The minimum Gasteiger partial charge on any atom is -0.380 e. The van der Waals surface area contributed by atoms with E-state index in [0.29, 0.717) is 11.5 Å². The van der Waals surface area contributed by atoms with Crippen molar-refractivity contribution in [2.75, 3.05) is 33.3 Å². The lowest BCUT2D eigenvalue weighted by molar-refractivity contribution is 0.0981. The molecular formula is C14H28N2O. The van der Waals surface area contributed by atoms with Gasteiger partial charge < -0.3 is 15.0 Å². The lowest BCUT2D eigenvalue weighted by atomic mass is 9.86. The summed E-state index contributed by atoms with van der Waals surface area (Å²) >= 11 is 0. The summed E-state index contributed by atoms with van der Waals surface area (Å²) < 4.78 is 5.44. The van der Waals surface area contributed by atoms with Gasteiger partial charge in [-0.05, 0) is 31.1 Å². The monoisotopic (exact) mass is 240 g/mol. The minimum absolute atomic E-state index is 0.422. The summed E-state index contributed by atoms with van der Waals surface area (Å²) in [4.78, 5) is 2.58. The first-order valence-electron chi connectivity index (χ1n) is 7.14. The molecule has 3 heteroatoms. The van der Waals surface area contributed by atoms with Gasteiger partial charge in [0.25, 0.3) is 0 Å². The van der Waals surface area contributed by atoms with Crippen LogP contribution in [0.1, 0.15) is 39.5 Å². The van der Waals surface area contributed by atoms with Crippen LogP contribution in [0.5, 0.6) is 0 Å². The fraction of sp³-hybridized carbons (Fsp3) is 1.00. The SMILES string of the molecule is CCC(C)(CNC1CC1)CN1CCC(OC)C1. The van der Waals surface area contributed by atoms with Crippen LogP contribution < -0.4 is 5.32 Å².